The molecular formula is C11H19N3O2. The van der Waals surface area contributed by atoms with Crippen molar-refractivity contribution in [2.24, 2.45) is 0 Å². The molecule has 90 valence electrons. The maximum Gasteiger partial charge on any atom is 0.226 e. The number of nitrogens with one attached hydrogen (secondary N) is 1. The zero-order valence-corrected chi connectivity index (χ0v) is 9.81. The van der Waals surface area contributed by atoms with Gasteiger partial charge in [0.05, 0.1) is 6.61 Å². The summed E-state index contributed by atoms with van der Waals surface area (Å²) in [5, 5.41) is 11.9. The normalized spacial score (nSPS) is 12.2. The first kappa shape index (κ1) is 12.7. The van der Waals surface area contributed by atoms with E-state index in [0.717, 1.165) is 6.42 Å². The predicted octanol–water partition coefficient (Wildman–Crippen LogP) is 1.45. The second-order valence-corrected chi connectivity index (χ2v) is 3.62. The van der Waals surface area contributed by atoms with Gasteiger partial charge in [0.25, 0.3) is 0 Å². The lowest BCUT2D eigenvalue weighted by Gasteiger charge is -2.12. The Morgan fingerprint density at radius 2 is 2.38 bits per heavy atom. The van der Waals surface area contributed by atoms with Gasteiger partial charge in [0.2, 0.25) is 11.8 Å². The van der Waals surface area contributed by atoms with E-state index in [0.29, 0.717) is 24.9 Å². The third-order valence-electron chi connectivity index (χ3n) is 2.02. The Morgan fingerprint density at radius 1 is 1.56 bits per heavy atom. The second kappa shape index (κ2) is 7.00. The average molecular weight is 225 g/mol. The van der Waals surface area contributed by atoms with E-state index in [4.69, 9.17) is 9.84 Å². The highest BCUT2D eigenvalue weighted by Crippen LogP contribution is 2.10. The summed E-state index contributed by atoms with van der Waals surface area (Å²) < 4.78 is 5.40. The molecule has 0 aliphatic carbocycles. The van der Waals surface area contributed by atoms with Crippen molar-refractivity contribution < 1.29 is 9.84 Å². The van der Waals surface area contributed by atoms with E-state index in [1.165, 1.54) is 0 Å². The minimum Gasteiger partial charge on any atom is -0.478 e. The van der Waals surface area contributed by atoms with Crippen LogP contribution in [0.2, 0.25) is 0 Å². The molecular weight excluding hydrogens is 206 g/mol. The number of aliphatic hydroxyl groups excluding tert-OH is 1. The van der Waals surface area contributed by atoms with Crippen LogP contribution in [0, 0.1) is 0 Å². The molecule has 1 unspecified atom stereocenters. The number of aromatic nitrogens is 2. The molecule has 2 N–H and O–H groups in total. The summed E-state index contributed by atoms with van der Waals surface area (Å²) in [5.74, 6) is 1.12. The van der Waals surface area contributed by atoms with Gasteiger partial charge in [0.15, 0.2) is 0 Å². The number of nitrogens with zero attached hydrogens (tertiary/aromatic N) is 2. The fourth-order valence-corrected chi connectivity index (χ4v) is 1.18. The van der Waals surface area contributed by atoms with Crippen LogP contribution in [0.25, 0.3) is 0 Å². The zero-order chi connectivity index (χ0) is 11.8. The second-order valence-electron chi connectivity index (χ2n) is 3.62. The zero-order valence-electron chi connectivity index (χ0n) is 9.81. The van der Waals surface area contributed by atoms with E-state index in [9.17, 15) is 0 Å². The van der Waals surface area contributed by atoms with Gasteiger partial charge in [-0.2, -0.15) is 4.98 Å². The van der Waals surface area contributed by atoms with Gasteiger partial charge < -0.3 is 15.2 Å². The highest BCUT2D eigenvalue weighted by Gasteiger charge is 2.04. The fourth-order valence-electron chi connectivity index (χ4n) is 1.18. The molecule has 0 spiro atoms. The highest BCUT2D eigenvalue weighted by molar-refractivity contribution is 5.28. The standard InChI is InChI=1S/C11H19N3O2/c1-3-8-16-10-4-6-12-11(14-10)13-9(2)5-7-15/h4,6,9,15H,3,5,7-8H2,1-2H3,(H,12,13,14). The number of aliphatic hydroxyl groups is 1. The molecule has 0 aliphatic rings. The van der Waals surface area contributed by atoms with Gasteiger partial charge in [-0.25, -0.2) is 4.98 Å². The van der Waals surface area contributed by atoms with Crippen LogP contribution < -0.4 is 10.1 Å². The summed E-state index contributed by atoms with van der Waals surface area (Å²) in [7, 11) is 0. The van der Waals surface area contributed by atoms with E-state index >= 15 is 0 Å². The van der Waals surface area contributed by atoms with Crippen molar-refractivity contribution in [3.63, 3.8) is 0 Å². The van der Waals surface area contributed by atoms with Crippen LogP contribution in [0.1, 0.15) is 26.7 Å². The summed E-state index contributed by atoms with van der Waals surface area (Å²) in [6, 6.07) is 1.88. The van der Waals surface area contributed by atoms with E-state index in [-0.39, 0.29) is 12.6 Å². The Labute approximate surface area is 95.9 Å². The van der Waals surface area contributed by atoms with Crippen LogP contribution in [-0.2, 0) is 0 Å². The molecule has 5 heteroatoms. The molecule has 0 radical (unpaired) electrons. The molecule has 1 aromatic heterocycles. The lowest BCUT2D eigenvalue weighted by atomic mass is 10.2. The van der Waals surface area contributed by atoms with Crippen LogP contribution in [0.3, 0.4) is 0 Å². The number of rotatable bonds is 7. The van der Waals surface area contributed by atoms with Crippen LogP contribution in [0.4, 0.5) is 5.95 Å². The molecule has 1 rings (SSSR count). The summed E-state index contributed by atoms with van der Waals surface area (Å²) in [6.07, 6.45) is 3.28. The van der Waals surface area contributed by atoms with Gasteiger partial charge in [-0.05, 0) is 19.8 Å². The first-order valence-corrected chi connectivity index (χ1v) is 5.59. The Bertz CT molecular complexity index is 307. The predicted molar refractivity (Wildman–Crippen MR) is 62.6 cm³/mol. The monoisotopic (exact) mass is 225 g/mol. The molecule has 1 aromatic rings. The topological polar surface area (TPSA) is 67.3 Å². The first-order chi connectivity index (χ1) is 7.76. The van der Waals surface area contributed by atoms with E-state index < -0.39 is 0 Å². The van der Waals surface area contributed by atoms with Crippen molar-refractivity contribution in [2.75, 3.05) is 18.5 Å². The molecule has 0 amide bonds. The van der Waals surface area contributed by atoms with E-state index in [1.807, 2.05) is 13.8 Å². The maximum absolute atomic E-state index is 8.78. The molecule has 0 bridgehead atoms. The summed E-state index contributed by atoms with van der Waals surface area (Å²) >= 11 is 0. The molecule has 1 heterocycles. The van der Waals surface area contributed by atoms with Crippen molar-refractivity contribution in [3.8, 4) is 5.88 Å². The van der Waals surface area contributed by atoms with Gasteiger partial charge in [0.1, 0.15) is 0 Å². The molecule has 0 saturated carbocycles. The average Bonchev–Trinajstić information content (AvgIpc) is 2.27. The van der Waals surface area contributed by atoms with Crippen molar-refractivity contribution >= 4 is 5.95 Å². The van der Waals surface area contributed by atoms with Crippen molar-refractivity contribution in [1.29, 1.82) is 0 Å². The van der Waals surface area contributed by atoms with Gasteiger partial charge >= 0.3 is 0 Å². The van der Waals surface area contributed by atoms with Gasteiger partial charge in [-0.3, -0.25) is 0 Å². The number of hydrogen-bond donors (Lipinski definition) is 2. The molecule has 1 atom stereocenters. The third-order valence-corrected chi connectivity index (χ3v) is 2.02. The van der Waals surface area contributed by atoms with Gasteiger partial charge in [0, 0.05) is 24.9 Å². The molecule has 0 fully saturated rings. The molecule has 5 nitrogen and oxygen atoms in total. The minimum absolute atomic E-state index is 0.145. The number of anilines is 1. The molecule has 0 saturated heterocycles. The number of ether oxygens (including phenoxy) is 1. The molecule has 0 aliphatic heterocycles. The molecule has 0 aromatic carbocycles. The quantitative estimate of drug-likeness (QED) is 0.735. The fraction of sp³-hybridized carbons (Fsp3) is 0.636. The smallest absolute Gasteiger partial charge is 0.226 e. The van der Waals surface area contributed by atoms with Crippen molar-refractivity contribution in [3.05, 3.63) is 12.3 Å². The van der Waals surface area contributed by atoms with Crippen molar-refractivity contribution in [1.82, 2.24) is 9.97 Å². The minimum atomic E-state index is 0.145. The van der Waals surface area contributed by atoms with Crippen LogP contribution >= 0.6 is 0 Å². The summed E-state index contributed by atoms with van der Waals surface area (Å²) in [5.41, 5.74) is 0. The van der Waals surface area contributed by atoms with Crippen LogP contribution in [-0.4, -0.2) is 34.3 Å². The van der Waals surface area contributed by atoms with E-state index in [1.54, 1.807) is 12.3 Å². The molecule has 16 heavy (non-hydrogen) atoms. The third kappa shape index (κ3) is 4.44. The van der Waals surface area contributed by atoms with E-state index in [2.05, 4.69) is 15.3 Å². The maximum atomic E-state index is 8.78. The Hall–Kier alpha value is -1.36. The lowest BCUT2D eigenvalue weighted by molar-refractivity contribution is 0.281. The van der Waals surface area contributed by atoms with Gasteiger partial charge in [-0.15, -0.1) is 0 Å². The van der Waals surface area contributed by atoms with Crippen LogP contribution in [0.5, 0.6) is 5.88 Å². The largest absolute Gasteiger partial charge is 0.478 e. The first-order valence-electron chi connectivity index (χ1n) is 5.59. The Kier molecular flexibility index (Phi) is 5.56. The van der Waals surface area contributed by atoms with Crippen molar-refractivity contribution in [2.45, 2.75) is 32.7 Å². The summed E-state index contributed by atoms with van der Waals surface area (Å²) in [6.45, 7) is 4.83. The van der Waals surface area contributed by atoms with Gasteiger partial charge in [-0.1, -0.05) is 6.92 Å². The SMILES string of the molecule is CCCOc1ccnc(NC(C)CCO)n1. The van der Waals surface area contributed by atoms with Crippen LogP contribution in [0.15, 0.2) is 12.3 Å². The Balaban J connectivity index is 2.52. The Morgan fingerprint density at radius 3 is 3.06 bits per heavy atom. The summed E-state index contributed by atoms with van der Waals surface area (Å²) in [4.78, 5) is 8.29. The lowest BCUT2D eigenvalue weighted by Crippen LogP contribution is -2.18. The highest BCUT2D eigenvalue weighted by atomic mass is 16.5. The number of hydrogen-bond acceptors (Lipinski definition) is 5.